The molecular formula is C28H31F3N4O2. The van der Waals surface area contributed by atoms with Crippen LogP contribution in [-0.2, 0) is 19.0 Å². The number of aromatic nitrogens is 1. The number of anilines is 1. The fraction of sp³-hybridized carbons (Fsp3) is 0.429. The lowest BCUT2D eigenvalue weighted by Crippen LogP contribution is -2.51. The molecule has 2 aromatic carbocycles. The molecule has 1 saturated heterocycles. The topological polar surface area (TPSA) is 68.7 Å². The average molecular weight is 513 g/mol. The quantitative estimate of drug-likeness (QED) is 0.514. The second kappa shape index (κ2) is 10.7. The highest BCUT2D eigenvalue weighted by atomic mass is 19.4. The van der Waals surface area contributed by atoms with Crippen LogP contribution in [0, 0.1) is 0 Å². The van der Waals surface area contributed by atoms with E-state index < -0.39 is 23.8 Å². The van der Waals surface area contributed by atoms with Gasteiger partial charge in [-0.05, 0) is 55.5 Å². The predicted octanol–water partition coefficient (Wildman–Crippen LogP) is 4.36. The number of alkyl halides is 3. The average Bonchev–Trinajstić information content (AvgIpc) is 2.90. The van der Waals surface area contributed by atoms with Crippen molar-refractivity contribution in [2.45, 2.75) is 38.0 Å². The number of piperazine rings is 1. The molecule has 1 aromatic heterocycles. The van der Waals surface area contributed by atoms with Gasteiger partial charge in [0.25, 0.3) is 5.91 Å². The molecule has 0 radical (unpaired) electrons. The standard InChI is InChI=1S/C28H31F3N4O2/c29-28(30,31)20-7-5-6-19(16-20)27(37)35-14-12-34(13-15-35)18-21(36)17-32-26-22-8-1-3-10-24(22)33-25-11-4-2-9-23(25)26/h1,3,5-8,10,16,21,36H,2,4,9,11-15,17-18H2,(H,32,33). The van der Waals surface area contributed by atoms with Gasteiger partial charge in [-0.1, -0.05) is 24.3 Å². The molecule has 0 saturated carbocycles. The van der Waals surface area contributed by atoms with Crippen molar-refractivity contribution >= 4 is 22.5 Å². The summed E-state index contributed by atoms with van der Waals surface area (Å²) in [6, 6.07) is 12.6. The number of fused-ring (bicyclic) bond motifs is 2. The molecule has 6 nitrogen and oxygen atoms in total. The maximum atomic E-state index is 13.0. The van der Waals surface area contributed by atoms with Crippen molar-refractivity contribution in [3.63, 3.8) is 0 Å². The van der Waals surface area contributed by atoms with Gasteiger partial charge in [0.2, 0.25) is 0 Å². The first-order valence-electron chi connectivity index (χ1n) is 12.8. The molecule has 2 N–H and O–H groups in total. The second-order valence-electron chi connectivity index (χ2n) is 9.84. The van der Waals surface area contributed by atoms with Gasteiger partial charge in [0.15, 0.2) is 0 Å². The number of nitrogens with one attached hydrogen (secondary N) is 1. The molecule has 0 spiro atoms. The van der Waals surface area contributed by atoms with Crippen LogP contribution in [0.1, 0.15) is 40.0 Å². The number of aryl methyl sites for hydroxylation is 1. The van der Waals surface area contributed by atoms with E-state index in [2.05, 4.69) is 16.3 Å². The SMILES string of the molecule is O=C(c1cccc(C(F)(F)F)c1)N1CCN(CC(O)CNc2c3c(nc4ccccc24)CCCC3)CC1. The molecule has 3 aromatic rings. The molecule has 1 aliphatic heterocycles. The Labute approximate surface area is 214 Å². The first-order valence-corrected chi connectivity index (χ1v) is 12.8. The Morgan fingerprint density at radius 3 is 2.57 bits per heavy atom. The molecule has 196 valence electrons. The van der Waals surface area contributed by atoms with Gasteiger partial charge in [0.1, 0.15) is 0 Å². The lowest BCUT2D eigenvalue weighted by atomic mass is 9.92. The summed E-state index contributed by atoms with van der Waals surface area (Å²) in [4.78, 5) is 21.3. The minimum Gasteiger partial charge on any atom is -0.390 e. The van der Waals surface area contributed by atoms with Crippen LogP contribution >= 0.6 is 0 Å². The van der Waals surface area contributed by atoms with Gasteiger partial charge < -0.3 is 15.3 Å². The summed E-state index contributed by atoms with van der Waals surface area (Å²) in [7, 11) is 0. The summed E-state index contributed by atoms with van der Waals surface area (Å²) < 4.78 is 39.0. The maximum Gasteiger partial charge on any atom is 0.416 e. The summed E-state index contributed by atoms with van der Waals surface area (Å²) in [6.45, 7) is 2.74. The van der Waals surface area contributed by atoms with Crippen molar-refractivity contribution < 1.29 is 23.1 Å². The van der Waals surface area contributed by atoms with Crippen LogP contribution in [0.15, 0.2) is 48.5 Å². The van der Waals surface area contributed by atoms with E-state index in [-0.39, 0.29) is 5.56 Å². The number of hydrogen-bond acceptors (Lipinski definition) is 5. The van der Waals surface area contributed by atoms with Crippen LogP contribution in [-0.4, -0.2) is 71.2 Å². The number of benzene rings is 2. The lowest BCUT2D eigenvalue weighted by Gasteiger charge is -2.35. The number of amides is 1. The third kappa shape index (κ3) is 5.72. The third-order valence-corrected chi connectivity index (χ3v) is 7.25. The van der Waals surface area contributed by atoms with E-state index in [1.165, 1.54) is 17.7 Å². The number of pyridine rings is 1. The van der Waals surface area contributed by atoms with Gasteiger partial charge in [0.05, 0.1) is 17.2 Å². The Kier molecular flexibility index (Phi) is 7.35. The summed E-state index contributed by atoms with van der Waals surface area (Å²) in [5.74, 6) is -0.401. The zero-order chi connectivity index (χ0) is 26.0. The smallest absolute Gasteiger partial charge is 0.390 e. The molecule has 37 heavy (non-hydrogen) atoms. The number of halogens is 3. The normalized spacial score (nSPS) is 17.5. The van der Waals surface area contributed by atoms with Crippen LogP contribution in [0.2, 0.25) is 0 Å². The Morgan fingerprint density at radius 2 is 1.78 bits per heavy atom. The van der Waals surface area contributed by atoms with E-state index in [1.807, 2.05) is 18.2 Å². The number of aliphatic hydroxyl groups is 1. The molecule has 1 amide bonds. The number of aliphatic hydroxyl groups excluding tert-OH is 1. The van der Waals surface area contributed by atoms with E-state index in [0.29, 0.717) is 39.3 Å². The second-order valence-corrected chi connectivity index (χ2v) is 9.84. The summed E-state index contributed by atoms with van der Waals surface area (Å²) in [5, 5.41) is 15.4. The molecular weight excluding hydrogens is 481 g/mol. The number of nitrogens with zero attached hydrogens (tertiary/aromatic N) is 3. The van der Waals surface area contributed by atoms with Crippen molar-refractivity contribution in [2.24, 2.45) is 0 Å². The number of carbonyl (C=O) groups is 1. The highest BCUT2D eigenvalue weighted by Crippen LogP contribution is 2.33. The highest BCUT2D eigenvalue weighted by Gasteiger charge is 2.32. The highest BCUT2D eigenvalue weighted by molar-refractivity contribution is 5.95. The third-order valence-electron chi connectivity index (χ3n) is 7.25. The lowest BCUT2D eigenvalue weighted by molar-refractivity contribution is -0.137. The molecule has 9 heteroatoms. The van der Waals surface area contributed by atoms with Gasteiger partial charge in [-0.25, -0.2) is 0 Å². The van der Waals surface area contributed by atoms with Crippen molar-refractivity contribution in [1.29, 1.82) is 0 Å². The van der Waals surface area contributed by atoms with Gasteiger partial charge in [-0.2, -0.15) is 13.2 Å². The Morgan fingerprint density at radius 1 is 1.03 bits per heavy atom. The van der Waals surface area contributed by atoms with Crippen molar-refractivity contribution in [3.8, 4) is 0 Å². The first-order chi connectivity index (χ1) is 17.8. The maximum absolute atomic E-state index is 13.0. The van der Waals surface area contributed by atoms with Crippen molar-refractivity contribution in [3.05, 3.63) is 70.9 Å². The minimum atomic E-state index is -4.49. The number of carbonyl (C=O) groups excluding carboxylic acids is 1. The van der Waals surface area contributed by atoms with E-state index >= 15 is 0 Å². The van der Waals surface area contributed by atoms with E-state index in [1.54, 1.807) is 4.90 Å². The molecule has 2 heterocycles. The fourth-order valence-electron chi connectivity index (χ4n) is 5.30. The molecule has 1 atom stereocenters. The van der Waals surface area contributed by atoms with Crippen LogP contribution in [0.5, 0.6) is 0 Å². The van der Waals surface area contributed by atoms with Gasteiger partial charge in [-0.3, -0.25) is 14.7 Å². The summed E-state index contributed by atoms with van der Waals surface area (Å²) in [5.41, 5.74) is 3.64. The Bertz CT molecular complexity index is 1270. The summed E-state index contributed by atoms with van der Waals surface area (Å²) in [6.07, 6.45) is -0.872. The number of β-amino-alcohol motifs (C(OH)–C–C–N with tert-alkyl or cyclic N) is 1. The zero-order valence-electron chi connectivity index (χ0n) is 20.6. The molecule has 1 unspecified atom stereocenters. The van der Waals surface area contributed by atoms with E-state index in [0.717, 1.165) is 60.1 Å². The monoisotopic (exact) mass is 512 g/mol. The number of para-hydroxylation sites is 1. The van der Waals surface area contributed by atoms with Crippen LogP contribution in [0.3, 0.4) is 0 Å². The minimum absolute atomic E-state index is 0.0421. The van der Waals surface area contributed by atoms with Crippen LogP contribution in [0.25, 0.3) is 10.9 Å². The molecule has 2 aliphatic rings. The molecule has 5 rings (SSSR count). The van der Waals surface area contributed by atoms with E-state index in [9.17, 15) is 23.1 Å². The fourth-order valence-corrected chi connectivity index (χ4v) is 5.30. The molecule has 1 fully saturated rings. The Balaban J connectivity index is 1.17. The van der Waals surface area contributed by atoms with E-state index in [4.69, 9.17) is 4.98 Å². The number of hydrogen-bond donors (Lipinski definition) is 2. The zero-order valence-corrected chi connectivity index (χ0v) is 20.6. The van der Waals surface area contributed by atoms with Gasteiger partial charge in [-0.15, -0.1) is 0 Å². The summed E-state index contributed by atoms with van der Waals surface area (Å²) >= 11 is 0. The van der Waals surface area contributed by atoms with Crippen LogP contribution in [0.4, 0.5) is 18.9 Å². The van der Waals surface area contributed by atoms with Gasteiger partial charge >= 0.3 is 6.18 Å². The Hall–Kier alpha value is -3.17. The van der Waals surface area contributed by atoms with Crippen molar-refractivity contribution in [1.82, 2.24) is 14.8 Å². The first kappa shape index (κ1) is 25.5. The van der Waals surface area contributed by atoms with Gasteiger partial charge in [0, 0.05) is 61.6 Å². The number of rotatable bonds is 6. The molecule has 1 aliphatic carbocycles. The predicted molar refractivity (Wildman–Crippen MR) is 137 cm³/mol. The van der Waals surface area contributed by atoms with Crippen molar-refractivity contribution in [2.75, 3.05) is 44.6 Å². The largest absolute Gasteiger partial charge is 0.416 e. The van der Waals surface area contributed by atoms with Crippen LogP contribution < -0.4 is 5.32 Å². The molecule has 0 bridgehead atoms.